The molecule has 0 N–H and O–H groups in total. The fourth-order valence-electron chi connectivity index (χ4n) is 1.87. The van der Waals surface area contributed by atoms with E-state index in [9.17, 15) is 4.79 Å². The Morgan fingerprint density at radius 2 is 2.12 bits per heavy atom. The summed E-state index contributed by atoms with van der Waals surface area (Å²) in [5.74, 6) is 1.06. The van der Waals surface area contributed by atoms with E-state index in [4.69, 9.17) is 0 Å². The van der Waals surface area contributed by atoms with Crippen molar-refractivity contribution in [2.75, 3.05) is 5.75 Å². The summed E-state index contributed by atoms with van der Waals surface area (Å²) in [7, 11) is 0. The molecule has 16 heavy (non-hydrogen) atoms. The molecule has 0 radical (unpaired) electrons. The summed E-state index contributed by atoms with van der Waals surface area (Å²) in [4.78, 5) is 12.0. The molecule has 1 unspecified atom stereocenters. The van der Waals surface area contributed by atoms with Crippen LogP contribution in [0.25, 0.3) is 0 Å². The molecule has 0 heterocycles. The summed E-state index contributed by atoms with van der Waals surface area (Å²) in [5, 5.41) is 0.609. The molecule has 0 aromatic rings. The van der Waals surface area contributed by atoms with Crippen LogP contribution in [0.5, 0.6) is 0 Å². The molecule has 0 saturated carbocycles. The van der Waals surface area contributed by atoms with Gasteiger partial charge in [0.05, 0.1) is 5.75 Å². The van der Waals surface area contributed by atoms with E-state index in [0.717, 1.165) is 24.8 Å². The second kappa shape index (κ2) is 7.94. The maximum atomic E-state index is 12.0. The Labute approximate surface area is 104 Å². The van der Waals surface area contributed by atoms with Crippen molar-refractivity contribution in [3.63, 3.8) is 0 Å². The zero-order chi connectivity index (χ0) is 11.8. The van der Waals surface area contributed by atoms with E-state index < -0.39 is 0 Å². The first-order valence-corrected chi connectivity index (χ1v) is 7.62. The highest BCUT2D eigenvalue weighted by Gasteiger charge is 2.12. The van der Waals surface area contributed by atoms with Gasteiger partial charge in [0.1, 0.15) is 0 Å². The van der Waals surface area contributed by atoms with Crippen molar-refractivity contribution < 1.29 is 4.79 Å². The van der Waals surface area contributed by atoms with Gasteiger partial charge in [-0.15, -0.1) is 0 Å². The molecule has 1 aliphatic rings. The highest BCUT2D eigenvalue weighted by atomic mass is 32.2. The topological polar surface area (TPSA) is 17.1 Å². The molecule has 1 rings (SSSR count). The first-order valence-electron chi connectivity index (χ1n) is 6.58. The Bertz CT molecular complexity index is 245. The maximum absolute atomic E-state index is 12.0. The van der Waals surface area contributed by atoms with Gasteiger partial charge in [-0.3, -0.25) is 4.79 Å². The van der Waals surface area contributed by atoms with Crippen molar-refractivity contribution in [3.8, 4) is 0 Å². The third-order valence-electron chi connectivity index (χ3n) is 3.22. The third kappa shape index (κ3) is 5.20. The van der Waals surface area contributed by atoms with Gasteiger partial charge in [0.2, 0.25) is 0 Å². The molecular weight excluding hydrogens is 216 g/mol. The Morgan fingerprint density at radius 3 is 2.88 bits per heavy atom. The first-order chi connectivity index (χ1) is 7.74. The van der Waals surface area contributed by atoms with Gasteiger partial charge in [-0.25, -0.2) is 0 Å². The number of Topliss-reactive ketones (excluding diaryl/α,β-unsaturated/α-hetero) is 1. The molecule has 2 heteroatoms. The lowest BCUT2D eigenvalue weighted by Crippen LogP contribution is -2.09. The number of rotatable bonds is 5. The van der Waals surface area contributed by atoms with Crippen LogP contribution in [0.1, 0.15) is 58.8 Å². The van der Waals surface area contributed by atoms with Gasteiger partial charge in [-0.05, 0) is 37.7 Å². The van der Waals surface area contributed by atoms with Gasteiger partial charge in [0, 0.05) is 5.25 Å². The number of thioether (sulfide) groups is 1. The normalized spacial score (nSPS) is 19.5. The number of ketones is 1. The van der Waals surface area contributed by atoms with E-state index in [2.05, 4.69) is 19.9 Å². The van der Waals surface area contributed by atoms with Crippen molar-refractivity contribution >= 4 is 17.5 Å². The number of hydrogen-bond donors (Lipinski definition) is 0. The largest absolute Gasteiger partial charge is 0.294 e. The third-order valence-corrected chi connectivity index (χ3v) is 4.55. The zero-order valence-corrected chi connectivity index (χ0v) is 11.4. The second-order valence-electron chi connectivity index (χ2n) is 4.64. The molecule has 1 aliphatic carbocycles. The Balaban J connectivity index is 2.38. The molecule has 0 aromatic carbocycles. The van der Waals surface area contributed by atoms with Crippen LogP contribution in [0.2, 0.25) is 0 Å². The van der Waals surface area contributed by atoms with Crippen LogP contribution in [-0.2, 0) is 4.79 Å². The SMILES string of the molecule is CCC(C)SCC(=O)C1=CCCCCCC1. The summed E-state index contributed by atoms with van der Waals surface area (Å²) in [5.41, 5.74) is 1.11. The van der Waals surface area contributed by atoms with Crippen LogP contribution in [0.15, 0.2) is 11.6 Å². The van der Waals surface area contributed by atoms with Gasteiger partial charge in [0.25, 0.3) is 0 Å². The number of hydrogen-bond acceptors (Lipinski definition) is 2. The standard InChI is InChI=1S/C14H24OS/c1-3-12(2)16-11-14(15)13-9-7-5-4-6-8-10-13/h9,12H,3-8,10-11H2,1-2H3. The van der Waals surface area contributed by atoms with Gasteiger partial charge >= 0.3 is 0 Å². The molecule has 92 valence electrons. The van der Waals surface area contributed by atoms with E-state index in [0.29, 0.717) is 16.8 Å². The summed E-state index contributed by atoms with van der Waals surface area (Å²) in [6.45, 7) is 4.38. The number of carbonyl (C=O) groups excluding carboxylic acids is 1. The molecular formula is C14H24OS. The minimum absolute atomic E-state index is 0.382. The predicted octanol–water partition coefficient (Wildman–Crippen LogP) is 4.37. The summed E-state index contributed by atoms with van der Waals surface area (Å²) in [6, 6.07) is 0. The van der Waals surface area contributed by atoms with E-state index in [1.807, 2.05) is 0 Å². The van der Waals surface area contributed by atoms with Crippen LogP contribution in [0.4, 0.5) is 0 Å². The summed E-state index contributed by atoms with van der Waals surface area (Å²) < 4.78 is 0. The lowest BCUT2D eigenvalue weighted by Gasteiger charge is -2.12. The van der Waals surface area contributed by atoms with Crippen LogP contribution >= 0.6 is 11.8 Å². The molecule has 1 nitrogen and oxygen atoms in total. The van der Waals surface area contributed by atoms with Gasteiger partial charge in [-0.1, -0.05) is 32.8 Å². The fraction of sp³-hybridized carbons (Fsp3) is 0.786. The molecule has 1 atom stereocenters. The van der Waals surface area contributed by atoms with Gasteiger partial charge in [-0.2, -0.15) is 11.8 Å². The first kappa shape index (κ1) is 13.8. The number of allylic oxidation sites excluding steroid dienone is 2. The lowest BCUT2D eigenvalue weighted by atomic mass is 9.98. The van der Waals surface area contributed by atoms with Crippen LogP contribution in [0.3, 0.4) is 0 Å². The quantitative estimate of drug-likeness (QED) is 0.710. The monoisotopic (exact) mass is 240 g/mol. The van der Waals surface area contributed by atoms with Crippen molar-refractivity contribution in [2.45, 2.75) is 64.0 Å². The van der Waals surface area contributed by atoms with E-state index in [-0.39, 0.29) is 0 Å². The summed E-state index contributed by atoms with van der Waals surface area (Å²) >= 11 is 1.80. The van der Waals surface area contributed by atoms with Crippen LogP contribution < -0.4 is 0 Å². The van der Waals surface area contributed by atoms with Crippen molar-refractivity contribution in [1.29, 1.82) is 0 Å². The zero-order valence-electron chi connectivity index (χ0n) is 10.6. The van der Waals surface area contributed by atoms with Crippen LogP contribution in [-0.4, -0.2) is 16.8 Å². The average molecular weight is 240 g/mol. The van der Waals surface area contributed by atoms with Gasteiger partial charge < -0.3 is 0 Å². The summed E-state index contributed by atoms with van der Waals surface area (Å²) in [6.07, 6.45) is 10.5. The molecule has 0 fully saturated rings. The molecule has 0 aromatic heterocycles. The van der Waals surface area contributed by atoms with E-state index in [1.54, 1.807) is 11.8 Å². The molecule has 0 bridgehead atoms. The van der Waals surface area contributed by atoms with E-state index >= 15 is 0 Å². The van der Waals surface area contributed by atoms with Crippen molar-refractivity contribution in [2.24, 2.45) is 0 Å². The Kier molecular flexibility index (Phi) is 6.86. The van der Waals surface area contributed by atoms with Gasteiger partial charge in [0.15, 0.2) is 5.78 Å². The molecule has 0 aliphatic heterocycles. The van der Waals surface area contributed by atoms with E-state index in [1.165, 1.54) is 25.7 Å². The Hall–Kier alpha value is -0.240. The molecule has 0 spiro atoms. The fourth-order valence-corrected chi connectivity index (χ4v) is 2.73. The second-order valence-corrected chi connectivity index (χ2v) is 6.06. The molecule has 0 saturated heterocycles. The highest BCUT2D eigenvalue weighted by Crippen LogP contribution is 2.21. The highest BCUT2D eigenvalue weighted by molar-refractivity contribution is 8.00. The predicted molar refractivity (Wildman–Crippen MR) is 73.0 cm³/mol. The maximum Gasteiger partial charge on any atom is 0.168 e. The minimum Gasteiger partial charge on any atom is -0.294 e. The minimum atomic E-state index is 0.382. The Morgan fingerprint density at radius 1 is 1.38 bits per heavy atom. The molecule has 0 amide bonds. The lowest BCUT2D eigenvalue weighted by molar-refractivity contribution is -0.113. The smallest absolute Gasteiger partial charge is 0.168 e. The van der Waals surface area contributed by atoms with Crippen molar-refractivity contribution in [1.82, 2.24) is 0 Å². The van der Waals surface area contributed by atoms with Crippen molar-refractivity contribution in [3.05, 3.63) is 11.6 Å². The van der Waals surface area contributed by atoms with Crippen LogP contribution in [0, 0.1) is 0 Å². The average Bonchev–Trinajstić information content (AvgIpc) is 2.25. The number of carbonyl (C=O) groups is 1.